The highest BCUT2D eigenvalue weighted by molar-refractivity contribution is 7.99. The molecule has 1 aliphatic carbocycles. The zero-order valence-electron chi connectivity index (χ0n) is 11.6. The van der Waals surface area contributed by atoms with E-state index in [1.54, 1.807) is 0 Å². The van der Waals surface area contributed by atoms with Gasteiger partial charge in [0.2, 0.25) is 0 Å². The molecule has 18 heavy (non-hydrogen) atoms. The van der Waals surface area contributed by atoms with E-state index >= 15 is 0 Å². The third-order valence-corrected chi connectivity index (χ3v) is 4.31. The zero-order valence-corrected chi connectivity index (χ0v) is 12.4. The summed E-state index contributed by atoms with van der Waals surface area (Å²) in [5.41, 5.74) is 1.21. The number of nitrogens with zero attached hydrogens (tertiary/aromatic N) is 2. The van der Waals surface area contributed by atoms with Crippen LogP contribution in [0.15, 0.2) is 5.03 Å². The van der Waals surface area contributed by atoms with Gasteiger partial charge in [0.1, 0.15) is 16.7 Å². The molecule has 1 aromatic rings. The first-order chi connectivity index (χ1) is 8.76. The molecule has 1 N–H and O–H groups in total. The van der Waals surface area contributed by atoms with Crippen LogP contribution in [0.2, 0.25) is 0 Å². The predicted octanol–water partition coefficient (Wildman–Crippen LogP) is 3.99. The van der Waals surface area contributed by atoms with Crippen LogP contribution in [0.1, 0.15) is 56.8 Å². The van der Waals surface area contributed by atoms with Crippen LogP contribution in [0.5, 0.6) is 0 Å². The molecular weight excluding hydrogens is 242 g/mol. The maximum absolute atomic E-state index is 4.76. The highest BCUT2D eigenvalue weighted by Gasteiger charge is 2.28. The average Bonchev–Trinajstić information content (AvgIpc) is 3.18. The molecule has 0 aliphatic heterocycles. The first kappa shape index (κ1) is 13.7. The lowest BCUT2D eigenvalue weighted by Crippen LogP contribution is -2.07. The Balaban J connectivity index is 2.18. The number of hydrogen-bond acceptors (Lipinski definition) is 4. The van der Waals surface area contributed by atoms with Gasteiger partial charge < -0.3 is 5.32 Å². The van der Waals surface area contributed by atoms with Gasteiger partial charge in [-0.25, -0.2) is 9.97 Å². The summed E-state index contributed by atoms with van der Waals surface area (Å²) >= 11 is 1.88. The lowest BCUT2D eigenvalue weighted by Gasteiger charge is -2.12. The summed E-state index contributed by atoms with van der Waals surface area (Å²) in [6.45, 7) is 7.39. The number of anilines is 1. The molecule has 1 saturated carbocycles. The number of nitrogens with one attached hydrogen (secondary N) is 1. The minimum absolute atomic E-state index is 0.619. The van der Waals surface area contributed by atoms with Crippen LogP contribution in [-0.2, 0) is 0 Å². The quantitative estimate of drug-likeness (QED) is 0.459. The first-order valence-electron chi connectivity index (χ1n) is 7.01. The number of rotatable bonds is 7. The maximum atomic E-state index is 4.76. The van der Waals surface area contributed by atoms with Crippen molar-refractivity contribution in [3.63, 3.8) is 0 Å². The van der Waals surface area contributed by atoms with Crippen LogP contribution in [0.3, 0.4) is 0 Å². The zero-order chi connectivity index (χ0) is 13.0. The molecule has 100 valence electrons. The Bertz CT molecular complexity index is 402. The molecule has 0 amide bonds. The van der Waals surface area contributed by atoms with Gasteiger partial charge in [0, 0.05) is 18.0 Å². The smallest absolute Gasteiger partial charge is 0.135 e. The van der Waals surface area contributed by atoms with Crippen molar-refractivity contribution in [3.8, 4) is 0 Å². The van der Waals surface area contributed by atoms with Crippen molar-refractivity contribution in [1.29, 1.82) is 0 Å². The molecule has 2 rings (SSSR count). The summed E-state index contributed by atoms with van der Waals surface area (Å²) in [6.07, 6.45) is 5.01. The van der Waals surface area contributed by atoms with E-state index in [-0.39, 0.29) is 0 Å². The number of aromatic nitrogens is 2. The van der Waals surface area contributed by atoms with Gasteiger partial charge in [0.05, 0.1) is 0 Å². The third-order valence-electron chi connectivity index (χ3n) is 3.14. The molecule has 3 nitrogen and oxygen atoms in total. The van der Waals surface area contributed by atoms with Gasteiger partial charge in [0.15, 0.2) is 0 Å². The first-order valence-corrected chi connectivity index (χ1v) is 8.00. The van der Waals surface area contributed by atoms with Gasteiger partial charge in [-0.3, -0.25) is 0 Å². The minimum Gasteiger partial charge on any atom is -0.370 e. The second kappa shape index (κ2) is 6.41. The Kier molecular flexibility index (Phi) is 4.87. The Hall–Kier alpha value is -0.770. The van der Waals surface area contributed by atoms with Gasteiger partial charge >= 0.3 is 0 Å². The lowest BCUT2D eigenvalue weighted by atomic mass is 10.3. The highest BCUT2D eigenvalue weighted by Crippen LogP contribution is 2.40. The fourth-order valence-corrected chi connectivity index (χ4v) is 2.93. The fourth-order valence-electron chi connectivity index (χ4n) is 1.83. The van der Waals surface area contributed by atoms with E-state index in [1.807, 2.05) is 11.8 Å². The number of unbranched alkanes of at least 4 members (excludes halogenated alkanes) is 1. The molecular formula is C14H23N3S. The van der Waals surface area contributed by atoms with Crippen molar-refractivity contribution in [2.75, 3.05) is 17.6 Å². The predicted molar refractivity (Wildman–Crippen MR) is 78.5 cm³/mol. The molecule has 0 aromatic carbocycles. The number of hydrogen-bond donors (Lipinski definition) is 1. The SMILES string of the molecule is CCCCSc1nc(C2CC2)nc(NCC)c1C. The number of thioether (sulfide) groups is 1. The van der Waals surface area contributed by atoms with Crippen molar-refractivity contribution >= 4 is 17.6 Å². The molecule has 0 radical (unpaired) electrons. The monoisotopic (exact) mass is 265 g/mol. The van der Waals surface area contributed by atoms with Crippen molar-refractivity contribution in [2.45, 2.75) is 57.4 Å². The van der Waals surface area contributed by atoms with Crippen molar-refractivity contribution in [1.82, 2.24) is 9.97 Å². The van der Waals surface area contributed by atoms with E-state index in [0.717, 1.165) is 23.9 Å². The van der Waals surface area contributed by atoms with Gasteiger partial charge in [-0.1, -0.05) is 13.3 Å². The summed E-state index contributed by atoms with van der Waals surface area (Å²) in [4.78, 5) is 9.44. The van der Waals surface area contributed by atoms with Gasteiger partial charge in [0.25, 0.3) is 0 Å². The van der Waals surface area contributed by atoms with Gasteiger partial charge in [-0.2, -0.15) is 0 Å². The van der Waals surface area contributed by atoms with Crippen molar-refractivity contribution in [2.24, 2.45) is 0 Å². The van der Waals surface area contributed by atoms with Crippen LogP contribution in [0, 0.1) is 6.92 Å². The molecule has 0 atom stereocenters. The van der Waals surface area contributed by atoms with Crippen molar-refractivity contribution in [3.05, 3.63) is 11.4 Å². The second-order valence-corrected chi connectivity index (χ2v) is 5.95. The lowest BCUT2D eigenvalue weighted by molar-refractivity contribution is 0.855. The van der Waals surface area contributed by atoms with E-state index in [9.17, 15) is 0 Å². The molecule has 0 spiro atoms. The Labute approximate surface area is 114 Å². The molecule has 1 aliphatic rings. The summed E-state index contributed by atoms with van der Waals surface area (Å²) in [5, 5.41) is 4.54. The largest absolute Gasteiger partial charge is 0.370 e. The Morgan fingerprint density at radius 2 is 2.06 bits per heavy atom. The molecule has 4 heteroatoms. The molecule has 1 fully saturated rings. The molecule has 0 saturated heterocycles. The van der Waals surface area contributed by atoms with Crippen LogP contribution >= 0.6 is 11.8 Å². The van der Waals surface area contributed by atoms with E-state index < -0.39 is 0 Å². The normalized spacial score (nSPS) is 14.8. The van der Waals surface area contributed by atoms with E-state index in [2.05, 4.69) is 31.1 Å². The molecule has 1 heterocycles. The topological polar surface area (TPSA) is 37.8 Å². The summed E-state index contributed by atoms with van der Waals surface area (Å²) < 4.78 is 0. The standard InChI is InChI=1S/C14H23N3S/c1-4-6-9-18-14-10(3)12(15-5-2)16-13(17-14)11-7-8-11/h11H,4-9H2,1-3H3,(H,15,16,17). The van der Waals surface area contributed by atoms with Crippen LogP contribution in [0.25, 0.3) is 0 Å². The van der Waals surface area contributed by atoms with Gasteiger partial charge in [-0.15, -0.1) is 11.8 Å². The average molecular weight is 265 g/mol. The summed E-state index contributed by atoms with van der Waals surface area (Å²) in [6, 6.07) is 0. The van der Waals surface area contributed by atoms with E-state index in [0.29, 0.717) is 5.92 Å². The Morgan fingerprint density at radius 1 is 1.28 bits per heavy atom. The fraction of sp³-hybridized carbons (Fsp3) is 0.714. The molecule has 0 bridgehead atoms. The highest BCUT2D eigenvalue weighted by atomic mass is 32.2. The Morgan fingerprint density at radius 3 is 2.67 bits per heavy atom. The van der Waals surface area contributed by atoms with Crippen LogP contribution < -0.4 is 5.32 Å². The second-order valence-electron chi connectivity index (χ2n) is 4.87. The third kappa shape index (κ3) is 3.37. The van der Waals surface area contributed by atoms with E-state index in [4.69, 9.17) is 4.98 Å². The van der Waals surface area contributed by atoms with E-state index in [1.165, 1.54) is 36.3 Å². The molecule has 0 unspecified atom stereocenters. The summed E-state index contributed by atoms with van der Waals surface area (Å²) in [5.74, 6) is 3.86. The van der Waals surface area contributed by atoms with Gasteiger partial charge in [-0.05, 0) is 38.9 Å². The van der Waals surface area contributed by atoms with Crippen LogP contribution in [-0.4, -0.2) is 22.3 Å². The van der Waals surface area contributed by atoms with Crippen LogP contribution in [0.4, 0.5) is 5.82 Å². The minimum atomic E-state index is 0.619. The summed E-state index contributed by atoms with van der Waals surface area (Å²) in [7, 11) is 0. The molecule has 1 aromatic heterocycles. The van der Waals surface area contributed by atoms with Crippen molar-refractivity contribution < 1.29 is 0 Å². The maximum Gasteiger partial charge on any atom is 0.135 e.